The van der Waals surface area contributed by atoms with Crippen LogP contribution in [0, 0.1) is 0 Å². The van der Waals surface area contributed by atoms with Gasteiger partial charge in [-0.25, -0.2) is 8.42 Å². The number of rotatable bonds is 10. The molecule has 1 saturated heterocycles. The van der Waals surface area contributed by atoms with Crippen molar-refractivity contribution in [2.45, 2.75) is 25.9 Å². The molecule has 10 heteroatoms. The smallest absolute Gasteiger partial charge is 0.191 e. The summed E-state index contributed by atoms with van der Waals surface area (Å²) in [6.45, 7) is 7.49. The maximum Gasteiger partial charge on any atom is 0.191 e. The Labute approximate surface area is 197 Å². The van der Waals surface area contributed by atoms with E-state index < -0.39 is 9.84 Å². The van der Waals surface area contributed by atoms with Gasteiger partial charge in [-0.2, -0.15) is 0 Å². The van der Waals surface area contributed by atoms with Crippen molar-refractivity contribution >= 4 is 39.8 Å². The molecule has 2 rings (SSSR count). The number of halogens is 1. The van der Waals surface area contributed by atoms with Crippen LogP contribution >= 0.6 is 24.0 Å². The first kappa shape index (κ1) is 26.9. The second kappa shape index (κ2) is 14.0. The molecule has 0 aromatic heterocycles. The third-order valence-electron chi connectivity index (χ3n) is 4.72. The molecule has 1 aromatic carbocycles. The SMILES string of the molecule is CN=C(NCc1ccccc1OCCN1CCOCC1)NC(C)CCS(C)(=O)=O.I. The maximum atomic E-state index is 11.3. The summed E-state index contributed by atoms with van der Waals surface area (Å²) >= 11 is 0. The Morgan fingerprint density at radius 3 is 2.67 bits per heavy atom. The number of aliphatic imine (C=N–C) groups is 1. The standard InChI is InChI=1S/C20H34N4O4S.HI/c1-17(8-15-29(3,25)26)23-20(21-2)22-16-18-6-4-5-7-19(18)28-14-11-24-9-12-27-13-10-24;/h4-7,17H,8-16H2,1-3H3,(H2,21,22,23);1H. The van der Waals surface area contributed by atoms with E-state index in [4.69, 9.17) is 9.47 Å². The molecule has 1 aromatic rings. The lowest BCUT2D eigenvalue weighted by molar-refractivity contribution is 0.0322. The van der Waals surface area contributed by atoms with Crippen LogP contribution in [0.4, 0.5) is 0 Å². The lowest BCUT2D eigenvalue weighted by Gasteiger charge is -2.26. The number of hydrogen-bond acceptors (Lipinski definition) is 6. The van der Waals surface area contributed by atoms with Gasteiger partial charge in [0.15, 0.2) is 5.96 Å². The highest BCUT2D eigenvalue weighted by atomic mass is 127. The first-order valence-corrected chi connectivity index (χ1v) is 12.1. The van der Waals surface area contributed by atoms with Crippen molar-refractivity contribution < 1.29 is 17.9 Å². The minimum absolute atomic E-state index is 0. The van der Waals surface area contributed by atoms with Crippen molar-refractivity contribution in [3.8, 4) is 5.75 Å². The summed E-state index contributed by atoms with van der Waals surface area (Å²) < 4.78 is 34.0. The molecule has 1 unspecified atom stereocenters. The lowest BCUT2D eigenvalue weighted by atomic mass is 10.2. The molecule has 2 N–H and O–H groups in total. The van der Waals surface area contributed by atoms with Crippen LogP contribution in [0.2, 0.25) is 0 Å². The van der Waals surface area contributed by atoms with Crippen LogP contribution in [0.25, 0.3) is 0 Å². The second-order valence-electron chi connectivity index (χ2n) is 7.30. The van der Waals surface area contributed by atoms with E-state index in [1.54, 1.807) is 7.05 Å². The quantitative estimate of drug-likeness (QED) is 0.257. The number of benzene rings is 1. The van der Waals surface area contributed by atoms with Crippen molar-refractivity contribution in [1.82, 2.24) is 15.5 Å². The maximum absolute atomic E-state index is 11.3. The highest BCUT2D eigenvalue weighted by Gasteiger charge is 2.12. The summed E-state index contributed by atoms with van der Waals surface area (Å²) in [5.41, 5.74) is 1.04. The number of para-hydroxylation sites is 1. The minimum atomic E-state index is -2.97. The van der Waals surface area contributed by atoms with E-state index in [0.29, 0.717) is 25.5 Å². The third kappa shape index (κ3) is 10.8. The molecule has 1 atom stereocenters. The van der Waals surface area contributed by atoms with Gasteiger partial charge in [0.05, 0.1) is 19.0 Å². The number of hydrogen-bond donors (Lipinski definition) is 2. The molecule has 1 aliphatic rings. The highest BCUT2D eigenvalue weighted by Crippen LogP contribution is 2.17. The van der Waals surface area contributed by atoms with Gasteiger partial charge in [0.2, 0.25) is 0 Å². The van der Waals surface area contributed by atoms with Gasteiger partial charge in [-0.05, 0) is 19.4 Å². The molecular formula is C20H35IN4O4S. The van der Waals surface area contributed by atoms with Crippen LogP contribution in [-0.4, -0.2) is 83.8 Å². The molecule has 8 nitrogen and oxygen atoms in total. The summed E-state index contributed by atoms with van der Waals surface area (Å²) in [7, 11) is -1.27. The molecule has 30 heavy (non-hydrogen) atoms. The zero-order chi connectivity index (χ0) is 21.1. The van der Waals surface area contributed by atoms with Gasteiger partial charge in [-0.15, -0.1) is 24.0 Å². The number of nitrogens with one attached hydrogen (secondary N) is 2. The number of morpholine rings is 1. The Morgan fingerprint density at radius 1 is 1.30 bits per heavy atom. The lowest BCUT2D eigenvalue weighted by Crippen LogP contribution is -2.42. The Kier molecular flexibility index (Phi) is 12.6. The minimum Gasteiger partial charge on any atom is -0.492 e. The van der Waals surface area contributed by atoms with E-state index in [1.165, 1.54) is 6.26 Å². The Bertz CT molecular complexity index is 755. The topological polar surface area (TPSA) is 92.3 Å². The molecule has 0 bridgehead atoms. The van der Waals surface area contributed by atoms with E-state index in [9.17, 15) is 8.42 Å². The largest absolute Gasteiger partial charge is 0.492 e. The first-order chi connectivity index (χ1) is 13.9. The monoisotopic (exact) mass is 554 g/mol. The second-order valence-corrected chi connectivity index (χ2v) is 9.56. The fraction of sp³-hybridized carbons (Fsp3) is 0.650. The van der Waals surface area contributed by atoms with Gasteiger partial charge in [-0.1, -0.05) is 18.2 Å². The molecule has 172 valence electrons. The predicted octanol–water partition coefficient (Wildman–Crippen LogP) is 1.50. The van der Waals surface area contributed by atoms with E-state index in [0.717, 1.165) is 44.2 Å². The van der Waals surface area contributed by atoms with Gasteiger partial charge < -0.3 is 20.1 Å². The summed E-state index contributed by atoms with van der Waals surface area (Å²) in [6, 6.07) is 7.94. The van der Waals surface area contributed by atoms with Crippen LogP contribution < -0.4 is 15.4 Å². The van der Waals surface area contributed by atoms with Crippen LogP contribution in [0.3, 0.4) is 0 Å². The van der Waals surface area contributed by atoms with E-state index >= 15 is 0 Å². The average molecular weight is 554 g/mol. The van der Waals surface area contributed by atoms with Crippen LogP contribution in [0.1, 0.15) is 18.9 Å². The fourth-order valence-electron chi connectivity index (χ4n) is 2.97. The van der Waals surface area contributed by atoms with Gasteiger partial charge in [0.25, 0.3) is 0 Å². The summed E-state index contributed by atoms with van der Waals surface area (Å²) in [5, 5.41) is 6.51. The molecular weight excluding hydrogens is 519 g/mol. The van der Waals surface area contributed by atoms with Gasteiger partial charge >= 0.3 is 0 Å². The Balaban J connectivity index is 0.00000450. The number of nitrogens with zero attached hydrogens (tertiary/aromatic N) is 2. The van der Waals surface area contributed by atoms with E-state index in [1.807, 2.05) is 31.2 Å². The van der Waals surface area contributed by atoms with Crippen LogP contribution in [0.15, 0.2) is 29.3 Å². The van der Waals surface area contributed by atoms with Crippen LogP contribution in [-0.2, 0) is 21.1 Å². The summed E-state index contributed by atoms with van der Waals surface area (Å²) in [6.07, 6.45) is 1.78. The first-order valence-electron chi connectivity index (χ1n) is 10.0. The summed E-state index contributed by atoms with van der Waals surface area (Å²) in [5.74, 6) is 1.64. The number of ether oxygens (including phenoxy) is 2. The zero-order valence-corrected chi connectivity index (χ0v) is 21.2. The molecule has 0 spiro atoms. The number of guanidine groups is 1. The normalized spacial score (nSPS) is 16.4. The van der Waals surface area contributed by atoms with Crippen molar-refractivity contribution in [2.24, 2.45) is 4.99 Å². The van der Waals surface area contributed by atoms with Crippen molar-refractivity contribution in [3.63, 3.8) is 0 Å². The van der Waals surface area contributed by atoms with Gasteiger partial charge in [-0.3, -0.25) is 9.89 Å². The molecule has 0 radical (unpaired) electrons. The van der Waals surface area contributed by atoms with Crippen molar-refractivity contribution in [3.05, 3.63) is 29.8 Å². The van der Waals surface area contributed by atoms with E-state index in [2.05, 4.69) is 20.5 Å². The molecule has 1 fully saturated rings. The number of sulfone groups is 1. The average Bonchev–Trinajstić information content (AvgIpc) is 2.70. The van der Waals surface area contributed by atoms with E-state index in [-0.39, 0.29) is 35.8 Å². The Hall–Kier alpha value is -1.11. The molecule has 1 heterocycles. The predicted molar refractivity (Wildman–Crippen MR) is 132 cm³/mol. The molecule has 1 aliphatic heterocycles. The zero-order valence-electron chi connectivity index (χ0n) is 18.1. The molecule has 0 amide bonds. The Morgan fingerprint density at radius 2 is 2.00 bits per heavy atom. The fourth-order valence-corrected chi connectivity index (χ4v) is 3.75. The molecule has 0 saturated carbocycles. The summed E-state index contributed by atoms with van der Waals surface area (Å²) in [4.78, 5) is 6.57. The van der Waals surface area contributed by atoms with Crippen molar-refractivity contribution in [2.75, 3.05) is 58.5 Å². The van der Waals surface area contributed by atoms with Crippen molar-refractivity contribution in [1.29, 1.82) is 0 Å². The molecule has 0 aliphatic carbocycles. The van der Waals surface area contributed by atoms with Crippen LogP contribution in [0.5, 0.6) is 5.75 Å². The van der Waals surface area contributed by atoms with Gasteiger partial charge in [0, 0.05) is 51.1 Å². The van der Waals surface area contributed by atoms with Gasteiger partial charge in [0.1, 0.15) is 22.2 Å². The third-order valence-corrected chi connectivity index (χ3v) is 5.69. The highest BCUT2D eigenvalue weighted by molar-refractivity contribution is 14.0.